The minimum atomic E-state index is -4.55. The van der Waals surface area contributed by atoms with E-state index in [9.17, 15) is 32.3 Å². The van der Waals surface area contributed by atoms with Crippen LogP contribution in [0.25, 0.3) is 11.3 Å². The first-order chi connectivity index (χ1) is 21.5. The fourth-order valence-corrected chi connectivity index (χ4v) is 7.55. The van der Waals surface area contributed by atoms with Crippen molar-refractivity contribution in [3.8, 4) is 11.3 Å². The van der Waals surface area contributed by atoms with Crippen LogP contribution in [-0.4, -0.2) is 112 Å². The Morgan fingerprint density at radius 1 is 1.07 bits per heavy atom. The van der Waals surface area contributed by atoms with Gasteiger partial charge >= 0.3 is 18.0 Å². The molecule has 3 aliphatic rings. The lowest BCUT2D eigenvalue weighted by Gasteiger charge is -2.29. The number of aromatic nitrogens is 2. The number of likely N-dealkylation sites (N-methyl/N-ethyl adjacent to an activating group) is 1. The maximum Gasteiger partial charge on any atom is 0.417 e. The van der Waals surface area contributed by atoms with E-state index < -0.39 is 35.8 Å². The number of thioether (sulfide) groups is 1. The molecule has 5 rings (SSSR count). The van der Waals surface area contributed by atoms with E-state index in [4.69, 9.17) is 5.10 Å². The van der Waals surface area contributed by atoms with Crippen LogP contribution in [0.4, 0.5) is 17.6 Å². The number of hydrogen-bond acceptors (Lipinski definition) is 7. The van der Waals surface area contributed by atoms with E-state index in [-0.39, 0.29) is 24.5 Å². The number of carbonyl (C=O) groups excluding carboxylic acids is 2. The molecule has 1 atom stereocenters. The first-order valence-electron chi connectivity index (χ1n) is 15.7. The molecule has 45 heavy (non-hydrogen) atoms. The molecule has 14 heteroatoms. The van der Waals surface area contributed by atoms with Crippen LogP contribution in [0.5, 0.6) is 0 Å². The number of benzene rings is 1. The van der Waals surface area contributed by atoms with E-state index in [1.165, 1.54) is 30.5 Å². The highest BCUT2D eigenvalue weighted by atomic mass is 32.2. The highest BCUT2D eigenvalue weighted by Crippen LogP contribution is 2.40. The van der Waals surface area contributed by atoms with E-state index in [2.05, 4.69) is 15.1 Å². The maximum absolute atomic E-state index is 14.1. The number of aliphatic hydroxyl groups is 1. The fourth-order valence-electron chi connectivity index (χ4n) is 6.43. The molecule has 2 N–H and O–H groups in total. The van der Waals surface area contributed by atoms with Crippen molar-refractivity contribution >= 4 is 23.6 Å². The Bertz CT molecular complexity index is 1340. The molecule has 0 aliphatic carbocycles. The normalized spacial score (nSPS) is 19.4. The molecule has 2 saturated heterocycles. The lowest BCUT2D eigenvalue weighted by molar-refractivity contribution is -0.146. The number of fused-ring (bicyclic) bond motifs is 1. The zero-order chi connectivity index (χ0) is 32.1. The second-order valence-corrected chi connectivity index (χ2v) is 13.2. The molecule has 0 unspecified atom stereocenters. The Hall–Kier alpha value is -2.68. The summed E-state index contributed by atoms with van der Waals surface area (Å²) in [5.74, 6) is -1.02. The van der Waals surface area contributed by atoms with Gasteiger partial charge in [-0.15, -0.1) is 11.8 Å². The van der Waals surface area contributed by atoms with Gasteiger partial charge in [0, 0.05) is 73.7 Å². The van der Waals surface area contributed by atoms with Crippen LogP contribution in [-0.2, 0) is 35.3 Å². The quantitative estimate of drug-likeness (QED) is 0.243. The molecule has 2 aromatic rings. The van der Waals surface area contributed by atoms with Crippen molar-refractivity contribution in [2.24, 2.45) is 0 Å². The van der Waals surface area contributed by atoms with Crippen LogP contribution in [0.2, 0.25) is 0 Å². The highest BCUT2D eigenvalue weighted by molar-refractivity contribution is 7.99. The topological polar surface area (TPSA) is 93.9 Å². The molecule has 2 fully saturated rings. The minimum Gasteiger partial charge on any atom is -0.390 e. The number of β-amino-alcohol motifs (C(OH)–C–C–N with tert-alkyl or cyclic N) is 1. The number of carbonyl (C=O) groups is 2. The van der Waals surface area contributed by atoms with Gasteiger partial charge in [-0.2, -0.15) is 18.3 Å². The van der Waals surface area contributed by atoms with Crippen LogP contribution in [0.1, 0.15) is 48.9 Å². The molecule has 0 spiro atoms. The average molecular weight is 655 g/mol. The largest absolute Gasteiger partial charge is 0.417 e. The number of nitrogens with zero attached hydrogens (tertiary/aromatic N) is 5. The Labute approximate surface area is 265 Å². The second-order valence-electron chi connectivity index (χ2n) is 12.1. The molecule has 0 saturated carbocycles. The van der Waals surface area contributed by atoms with E-state index in [0.717, 1.165) is 49.5 Å². The summed E-state index contributed by atoms with van der Waals surface area (Å²) >= 11 is 1.11. The second kappa shape index (κ2) is 14.8. The summed E-state index contributed by atoms with van der Waals surface area (Å²) in [6.07, 6.45) is -1.45. The molecule has 2 amide bonds. The molecule has 0 bridgehead atoms. The van der Waals surface area contributed by atoms with Gasteiger partial charge in [-0.05, 0) is 50.9 Å². The number of nitrogens with one attached hydrogen (secondary N) is 1. The van der Waals surface area contributed by atoms with Crippen molar-refractivity contribution in [1.82, 2.24) is 29.8 Å². The monoisotopic (exact) mass is 654 g/mol. The Morgan fingerprint density at radius 3 is 2.49 bits per heavy atom. The third-order valence-electron chi connectivity index (χ3n) is 8.89. The predicted molar refractivity (Wildman–Crippen MR) is 163 cm³/mol. The van der Waals surface area contributed by atoms with Crippen molar-refractivity contribution in [3.05, 3.63) is 35.0 Å². The van der Waals surface area contributed by atoms with Crippen molar-refractivity contribution < 1.29 is 32.3 Å². The molecule has 1 aromatic heterocycles. The van der Waals surface area contributed by atoms with Crippen molar-refractivity contribution in [2.45, 2.75) is 75.0 Å². The number of amides is 2. The first kappa shape index (κ1) is 33.7. The summed E-state index contributed by atoms with van der Waals surface area (Å²) in [5, 5.41) is 18.2. The summed E-state index contributed by atoms with van der Waals surface area (Å²) in [6.45, 7) is 4.64. The third-order valence-corrected chi connectivity index (χ3v) is 9.92. The zero-order valence-corrected chi connectivity index (χ0v) is 26.4. The van der Waals surface area contributed by atoms with Gasteiger partial charge < -0.3 is 25.1 Å². The molecule has 4 heterocycles. The summed E-state index contributed by atoms with van der Waals surface area (Å²) < 4.78 is 57.5. The molecular formula is C31H42F4N6O3S. The SMILES string of the molecule is CNC(=O)C(=O)N1CCc2c(c(-c3ccc(C(F)(F)F)c(SCCN4CCC(F)CC4)c3)nn2C[C@@H](O)CN2CCCCC2)C1. The number of piperidine rings is 2. The van der Waals surface area contributed by atoms with Gasteiger partial charge in [0.1, 0.15) is 6.17 Å². The van der Waals surface area contributed by atoms with Crippen molar-refractivity contribution in [1.29, 1.82) is 0 Å². The van der Waals surface area contributed by atoms with E-state index >= 15 is 0 Å². The lowest BCUT2D eigenvalue weighted by Crippen LogP contribution is -2.44. The molecule has 3 aliphatic heterocycles. The number of likely N-dealkylation sites (tertiary alicyclic amines) is 2. The first-order valence-corrected chi connectivity index (χ1v) is 16.7. The van der Waals surface area contributed by atoms with Crippen LogP contribution >= 0.6 is 11.8 Å². The Morgan fingerprint density at radius 2 is 1.80 bits per heavy atom. The maximum atomic E-state index is 14.1. The van der Waals surface area contributed by atoms with Gasteiger partial charge in [0.05, 0.1) is 30.5 Å². The van der Waals surface area contributed by atoms with Gasteiger partial charge in [-0.1, -0.05) is 12.5 Å². The smallest absolute Gasteiger partial charge is 0.390 e. The number of alkyl halides is 4. The molecular weight excluding hydrogens is 612 g/mol. The Kier molecular flexibility index (Phi) is 11.1. The van der Waals surface area contributed by atoms with Gasteiger partial charge in [-0.25, -0.2) is 4.39 Å². The molecule has 0 radical (unpaired) electrons. The highest BCUT2D eigenvalue weighted by Gasteiger charge is 2.35. The summed E-state index contributed by atoms with van der Waals surface area (Å²) in [4.78, 5) is 30.7. The lowest BCUT2D eigenvalue weighted by atomic mass is 9.99. The summed E-state index contributed by atoms with van der Waals surface area (Å²) in [6, 6.07) is 3.96. The number of aliphatic hydroxyl groups excluding tert-OH is 1. The van der Waals surface area contributed by atoms with E-state index in [1.54, 1.807) is 4.68 Å². The predicted octanol–water partition coefficient (Wildman–Crippen LogP) is 3.57. The van der Waals surface area contributed by atoms with Gasteiger partial charge in [-0.3, -0.25) is 14.3 Å². The number of hydrogen-bond donors (Lipinski definition) is 2. The summed E-state index contributed by atoms with van der Waals surface area (Å²) in [7, 11) is 1.38. The zero-order valence-electron chi connectivity index (χ0n) is 25.6. The fraction of sp³-hybridized carbons (Fsp3) is 0.645. The third kappa shape index (κ3) is 8.38. The average Bonchev–Trinajstić information content (AvgIpc) is 3.38. The van der Waals surface area contributed by atoms with Gasteiger partial charge in [0.25, 0.3) is 0 Å². The molecule has 9 nitrogen and oxygen atoms in total. The van der Waals surface area contributed by atoms with Crippen molar-refractivity contribution in [3.63, 3.8) is 0 Å². The van der Waals surface area contributed by atoms with Crippen LogP contribution in [0.15, 0.2) is 23.1 Å². The summed E-state index contributed by atoms with van der Waals surface area (Å²) in [5.41, 5.74) is 1.63. The molecule has 1 aromatic carbocycles. The van der Waals surface area contributed by atoms with Gasteiger partial charge in [0.2, 0.25) is 0 Å². The Balaban J connectivity index is 1.43. The van der Waals surface area contributed by atoms with Crippen LogP contribution < -0.4 is 5.32 Å². The minimum absolute atomic E-state index is 0.0721. The standard InChI is InChI=1S/C31H42F4N6O3S/c1-36-29(43)30(44)40-14-9-26-24(20-40)28(37-41(26)19-23(42)18-39-10-3-2-4-11-39)21-5-6-25(31(33,34)35)27(17-21)45-16-15-38-12-7-22(32)8-13-38/h5-6,17,22-23,42H,2-4,7-16,18-20H2,1H3,(H,36,43)/t23-/m0/s1. The molecule has 248 valence electrons. The van der Waals surface area contributed by atoms with Crippen molar-refractivity contribution in [2.75, 3.05) is 58.6 Å². The van der Waals surface area contributed by atoms with E-state index in [0.29, 0.717) is 68.0 Å². The van der Waals surface area contributed by atoms with Crippen LogP contribution in [0, 0.1) is 0 Å². The van der Waals surface area contributed by atoms with Gasteiger partial charge in [0.15, 0.2) is 0 Å². The number of halogens is 4. The van der Waals surface area contributed by atoms with Crippen LogP contribution in [0.3, 0.4) is 0 Å². The number of rotatable bonds is 9. The van der Waals surface area contributed by atoms with E-state index in [1.807, 2.05) is 0 Å².